The monoisotopic (exact) mass is 227 g/mol. The molecule has 0 bridgehead atoms. The first-order valence-electron chi connectivity index (χ1n) is 5.54. The maximum atomic E-state index is 11.3. The van der Waals surface area contributed by atoms with Gasteiger partial charge in [0.15, 0.2) is 6.73 Å². The predicted octanol–water partition coefficient (Wildman–Crippen LogP) is -1.29. The second-order valence-corrected chi connectivity index (χ2v) is 7.36. The van der Waals surface area contributed by atoms with Gasteiger partial charge in [-0.25, -0.2) is 0 Å². The summed E-state index contributed by atoms with van der Waals surface area (Å²) < 4.78 is 20.9. The number of hydrogen-bond acceptors (Lipinski definition) is 4. The van der Waals surface area contributed by atoms with Crippen LogP contribution in [-0.4, -0.2) is 12.8 Å². The van der Waals surface area contributed by atoms with E-state index in [4.69, 9.17) is 4.52 Å². The molecular formula is C9H10NO4P. The van der Waals surface area contributed by atoms with E-state index in [0.29, 0.717) is 22.2 Å². The van der Waals surface area contributed by atoms with E-state index < -0.39 is 7.82 Å². The summed E-state index contributed by atoms with van der Waals surface area (Å²) in [6.45, 7) is -0.0754. The molecule has 0 amide bonds. The molecule has 0 aromatic heterocycles. The van der Waals surface area contributed by atoms with Gasteiger partial charge in [0.2, 0.25) is 0 Å². The molecule has 6 aliphatic carbocycles. The fourth-order valence-corrected chi connectivity index (χ4v) is 7.46. The first-order chi connectivity index (χ1) is 7.11. The molecule has 8 atom stereocenters. The minimum Gasteiger partial charge on any atom is -0.756 e. The van der Waals surface area contributed by atoms with Crippen LogP contribution in [0.2, 0.25) is 0 Å². The summed E-state index contributed by atoms with van der Waals surface area (Å²) in [5.41, 5.74) is 5.77. The Morgan fingerprint density at radius 1 is 1.53 bits per heavy atom. The van der Waals surface area contributed by atoms with Gasteiger partial charge in [-0.05, 0) is 28.6 Å². The molecule has 0 aromatic carbocycles. The van der Waals surface area contributed by atoms with Crippen LogP contribution < -0.4 is 10.6 Å². The zero-order chi connectivity index (χ0) is 10.1. The maximum Gasteiger partial charge on any atom is 0.272 e. The fourth-order valence-electron chi connectivity index (χ4n) is 6.61. The van der Waals surface area contributed by atoms with Crippen LogP contribution in [0, 0.1) is 33.5 Å². The van der Waals surface area contributed by atoms with Crippen molar-refractivity contribution in [3.05, 3.63) is 0 Å². The van der Waals surface area contributed by atoms with Gasteiger partial charge in [0, 0.05) is 11.3 Å². The van der Waals surface area contributed by atoms with Crippen molar-refractivity contribution in [2.75, 3.05) is 6.73 Å². The van der Waals surface area contributed by atoms with Crippen molar-refractivity contribution < 1.29 is 24.2 Å². The van der Waals surface area contributed by atoms with Gasteiger partial charge in [-0.3, -0.25) is 9.09 Å². The van der Waals surface area contributed by atoms with Crippen LogP contribution >= 0.6 is 7.82 Å². The second kappa shape index (κ2) is 1.30. The lowest BCUT2D eigenvalue weighted by Gasteiger charge is -2.23. The van der Waals surface area contributed by atoms with E-state index in [-0.39, 0.29) is 12.8 Å². The Labute approximate surface area is 85.5 Å². The summed E-state index contributed by atoms with van der Waals surface area (Å²) >= 11 is 0. The van der Waals surface area contributed by atoms with Gasteiger partial charge in [0.1, 0.15) is 0 Å². The van der Waals surface area contributed by atoms with Gasteiger partial charge in [-0.2, -0.15) is 0 Å². The third kappa shape index (κ3) is 0.312. The zero-order valence-corrected chi connectivity index (χ0v) is 8.83. The molecular weight excluding hydrogens is 217 g/mol. The average Bonchev–Trinajstić information content (AvgIpc) is 2.86. The van der Waals surface area contributed by atoms with Crippen LogP contribution in [0.3, 0.4) is 0 Å². The van der Waals surface area contributed by atoms with Crippen LogP contribution in [0.25, 0.3) is 0 Å². The van der Waals surface area contributed by atoms with Crippen molar-refractivity contribution in [2.24, 2.45) is 33.5 Å². The zero-order valence-electron chi connectivity index (χ0n) is 7.93. The predicted molar refractivity (Wildman–Crippen MR) is 42.6 cm³/mol. The second-order valence-electron chi connectivity index (χ2n) is 6.00. The lowest BCUT2D eigenvalue weighted by atomic mass is 10.1. The van der Waals surface area contributed by atoms with Crippen molar-refractivity contribution >= 4 is 7.82 Å². The summed E-state index contributed by atoms with van der Waals surface area (Å²) in [7, 11) is -4.05. The number of hydrogen-bond donors (Lipinski definition) is 1. The molecule has 6 heteroatoms. The number of quaternary nitrogens is 1. The summed E-state index contributed by atoms with van der Waals surface area (Å²) in [5, 5.41) is 0. The fraction of sp³-hybridized carbons (Fsp3) is 1.00. The standard InChI is InChI=1S/C9H10NO4P/c10-2-13-15(11,12)14-5-4-7(5)8-3-1-6(3,8)9(4,7)8/h3-5H,1-2,10H2,(H,11,12). The van der Waals surface area contributed by atoms with Crippen LogP contribution in [0.4, 0.5) is 0 Å². The summed E-state index contributed by atoms with van der Waals surface area (Å²) in [4.78, 5) is 11.3. The van der Waals surface area contributed by atoms with Gasteiger partial charge in [-0.15, -0.1) is 0 Å². The van der Waals surface area contributed by atoms with Crippen LogP contribution in [0.5, 0.6) is 0 Å². The molecule has 3 N–H and O–H groups in total. The maximum absolute atomic E-state index is 11.3. The van der Waals surface area contributed by atoms with E-state index in [2.05, 4.69) is 10.3 Å². The van der Waals surface area contributed by atoms with Crippen molar-refractivity contribution in [1.82, 2.24) is 0 Å². The smallest absolute Gasteiger partial charge is 0.272 e. The largest absolute Gasteiger partial charge is 0.756 e. The molecule has 6 saturated carbocycles. The Kier molecular flexibility index (Phi) is 0.640. The summed E-state index contributed by atoms with van der Waals surface area (Å²) in [6, 6.07) is 0. The molecule has 6 rings (SSSR count). The first-order valence-corrected chi connectivity index (χ1v) is 7.00. The van der Waals surface area contributed by atoms with Crippen LogP contribution in [0.1, 0.15) is 6.42 Å². The van der Waals surface area contributed by atoms with E-state index in [0.717, 1.165) is 11.3 Å². The Hall–Kier alpha value is 0.0700. The van der Waals surface area contributed by atoms with Crippen molar-refractivity contribution in [3.63, 3.8) is 0 Å². The van der Waals surface area contributed by atoms with Crippen LogP contribution in [0.15, 0.2) is 0 Å². The Bertz CT molecular complexity index is 524. The quantitative estimate of drug-likeness (QED) is 0.478. The lowest BCUT2D eigenvalue weighted by Crippen LogP contribution is -2.51. The Balaban J connectivity index is 1.26. The van der Waals surface area contributed by atoms with Crippen molar-refractivity contribution in [3.8, 4) is 0 Å². The third-order valence-corrected chi connectivity index (χ3v) is 7.60. The SMILES string of the molecule is [NH3+]COP(=O)([O-])OC1C2C13C14C5CC51C234. The molecule has 8 unspecified atom stereocenters. The van der Waals surface area contributed by atoms with Gasteiger partial charge in [-0.1, -0.05) is 0 Å². The lowest BCUT2D eigenvalue weighted by molar-refractivity contribution is -0.422. The molecule has 0 aliphatic heterocycles. The topological polar surface area (TPSA) is 86.2 Å². The minimum absolute atomic E-state index is 0.00851. The highest BCUT2D eigenvalue weighted by molar-refractivity contribution is 7.45. The summed E-state index contributed by atoms with van der Waals surface area (Å²) in [5.74, 6) is 1.58. The Morgan fingerprint density at radius 3 is 2.87 bits per heavy atom. The van der Waals surface area contributed by atoms with Gasteiger partial charge in [0.25, 0.3) is 7.82 Å². The molecule has 4 spiro atoms. The van der Waals surface area contributed by atoms with E-state index in [1.54, 1.807) is 0 Å². The number of phosphoric acid groups is 1. The van der Waals surface area contributed by atoms with E-state index in [1.165, 1.54) is 6.42 Å². The van der Waals surface area contributed by atoms with E-state index in [9.17, 15) is 9.46 Å². The summed E-state index contributed by atoms with van der Waals surface area (Å²) in [6.07, 6.45) is 1.42. The number of rotatable bonds is 4. The molecule has 0 aromatic rings. The molecule has 80 valence electrons. The highest BCUT2D eigenvalue weighted by Gasteiger charge is 3.50. The van der Waals surface area contributed by atoms with Crippen molar-refractivity contribution in [1.29, 1.82) is 0 Å². The normalized spacial score (nSPS) is 83.7. The van der Waals surface area contributed by atoms with E-state index >= 15 is 0 Å². The molecule has 0 saturated heterocycles. The molecule has 5 nitrogen and oxygen atoms in total. The third-order valence-electron chi connectivity index (χ3n) is 6.62. The molecule has 15 heavy (non-hydrogen) atoms. The van der Waals surface area contributed by atoms with Gasteiger partial charge in [0.05, 0.1) is 6.10 Å². The number of phosphoric ester groups is 1. The highest BCUT2D eigenvalue weighted by atomic mass is 31.2. The van der Waals surface area contributed by atoms with Gasteiger partial charge >= 0.3 is 0 Å². The van der Waals surface area contributed by atoms with Gasteiger partial charge < -0.3 is 15.2 Å². The highest BCUT2D eigenvalue weighted by Crippen LogP contribution is 3.49. The molecule has 6 aliphatic rings. The first kappa shape index (κ1) is 7.41. The van der Waals surface area contributed by atoms with Crippen LogP contribution in [-0.2, 0) is 13.6 Å². The Morgan fingerprint density at radius 2 is 2.33 bits per heavy atom. The van der Waals surface area contributed by atoms with E-state index in [1.807, 2.05) is 0 Å². The van der Waals surface area contributed by atoms with Crippen molar-refractivity contribution in [2.45, 2.75) is 12.5 Å². The minimum atomic E-state index is -4.05. The molecule has 0 radical (unpaired) electrons. The molecule has 0 heterocycles. The average molecular weight is 227 g/mol. The molecule has 6 fully saturated rings.